The third-order valence-electron chi connectivity index (χ3n) is 3.14. The van der Waals surface area contributed by atoms with Crippen LogP contribution in [0.2, 0.25) is 0 Å². The molecule has 22 heavy (non-hydrogen) atoms. The Balaban J connectivity index is 1.77. The number of likely N-dealkylation sites (N-methyl/N-ethyl adjacent to an activating group) is 1. The fourth-order valence-electron chi connectivity index (χ4n) is 2.10. The molecule has 1 aromatic heterocycles. The maximum absolute atomic E-state index is 9.77. The molecule has 4 nitrogen and oxygen atoms in total. The van der Waals surface area contributed by atoms with Gasteiger partial charge in [0.1, 0.15) is 18.5 Å². The largest absolute Gasteiger partial charge is 0.491 e. The molecule has 0 spiro atoms. The van der Waals surface area contributed by atoms with E-state index in [2.05, 4.69) is 24.4 Å². The summed E-state index contributed by atoms with van der Waals surface area (Å²) in [6.07, 6.45) is -0.477. The summed E-state index contributed by atoms with van der Waals surface area (Å²) in [6, 6.07) is 12.1. The van der Waals surface area contributed by atoms with Crippen molar-refractivity contribution in [1.82, 2.24) is 4.90 Å². The van der Waals surface area contributed by atoms with Gasteiger partial charge >= 0.3 is 0 Å². The number of rotatable bonds is 8. The number of benzene rings is 1. The number of aliphatic hydroxyl groups is 1. The van der Waals surface area contributed by atoms with Crippen LogP contribution in [0.1, 0.15) is 9.75 Å². The van der Waals surface area contributed by atoms with Crippen LogP contribution in [-0.4, -0.2) is 43.4 Å². The molecule has 120 valence electrons. The molecule has 2 aromatic rings. The van der Waals surface area contributed by atoms with Gasteiger partial charge in [-0.2, -0.15) is 0 Å². The standard InChI is InChI=1S/C17H24N2O2S/c1-13-4-9-17(22-13)10-18-14-5-7-16(8-6-14)21-12-15(20)11-19(2)3/h4-9,15,18,20H,10-12H2,1-3H3. The van der Waals surface area contributed by atoms with Gasteiger partial charge in [-0.1, -0.05) is 0 Å². The molecule has 0 saturated heterocycles. The maximum atomic E-state index is 9.77. The lowest BCUT2D eigenvalue weighted by molar-refractivity contribution is 0.0831. The monoisotopic (exact) mass is 320 g/mol. The second kappa shape index (κ2) is 8.17. The number of ether oxygens (including phenoxy) is 1. The van der Waals surface area contributed by atoms with Gasteiger partial charge < -0.3 is 20.1 Å². The second-order valence-electron chi connectivity index (χ2n) is 5.62. The van der Waals surface area contributed by atoms with Crippen molar-refractivity contribution < 1.29 is 9.84 Å². The maximum Gasteiger partial charge on any atom is 0.119 e. The van der Waals surface area contributed by atoms with Crippen LogP contribution in [0.4, 0.5) is 5.69 Å². The zero-order valence-corrected chi connectivity index (χ0v) is 14.2. The van der Waals surface area contributed by atoms with Crippen LogP contribution in [0.15, 0.2) is 36.4 Å². The van der Waals surface area contributed by atoms with E-state index in [1.165, 1.54) is 9.75 Å². The van der Waals surface area contributed by atoms with E-state index in [0.29, 0.717) is 13.2 Å². The van der Waals surface area contributed by atoms with E-state index in [0.717, 1.165) is 18.0 Å². The molecule has 0 amide bonds. The van der Waals surface area contributed by atoms with E-state index in [1.807, 2.05) is 54.6 Å². The molecule has 1 atom stereocenters. The van der Waals surface area contributed by atoms with Gasteiger partial charge in [-0.05, 0) is 57.4 Å². The van der Waals surface area contributed by atoms with Crippen LogP contribution >= 0.6 is 11.3 Å². The number of thiophene rings is 1. The second-order valence-corrected chi connectivity index (χ2v) is 6.99. The Morgan fingerprint density at radius 3 is 2.50 bits per heavy atom. The minimum absolute atomic E-state index is 0.305. The van der Waals surface area contributed by atoms with Crippen LogP contribution in [0.3, 0.4) is 0 Å². The van der Waals surface area contributed by atoms with Crippen molar-refractivity contribution in [2.75, 3.05) is 32.6 Å². The summed E-state index contributed by atoms with van der Waals surface area (Å²) in [4.78, 5) is 4.59. The Morgan fingerprint density at radius 2 is 1.91 bits per heavy atom. The Morgan fingerprint density at radius 1 is 1.18 bits per heavy atom. The van der Waals surface area contributed by atoms with Crippen LogP contribution in [-0.2, 0) is 6.54 Å². The molecule has 0 bridgehead atoms. The molecule has 0 aliphatic rings. The van der Waals surface area contributed by atoms with Crippen molar-refractivity contribution in [2.45, 2.75) is 19.6 Å². The zero-order valence-electron chi connectivity index (χ0n) is 13.4. The summed E-state index contributed by atoms with van der Waals surface area (Å²) in [5, 5.41) is 13.2. The topological polar surface area (TPSA) is 44.7 Å². The summed E-state index contributed by atoms with van der Waals surface area (Å²) >= 11 is 1.81. The third-order valence-corrected chi connectivity index (χ3v) is 4.14. The summed E-state index contributed by atoms with van der Waals surface area (Å²) in [7, 11) is 3.86. The minimum atomic E-state index is -0.477. The normalized spacial score (nSPS) is 12.4. The predicted molar refractivity (Wildman–Crippen MR) is 92.9 cm³/mol. The number of hydrogen-bond acceptors (Lipinski definition) is 5. The Kier molecular flexibility index (Phi) is 6.24. The van der Waals surface area contributed by atoms with Gasteiger partial charge in [-0.15, -0.1) is 11.3 Å². The molecule has 0 saturated carbocycles. The molecule has 0 aliphatic carbocycles. The number of nitrogens with zero attached hydrogens (tertiary/aromatic N) is 1. The van der Waals surface area contributed by atoms with Crippen molar-refractivity contribution in [3.8, 4) is 5.75 Å². The summed E-state index contributed by atoms with van der Waals surface area (Å²) in [5.74, 6) is 0.773. The van der Waals surface area contributed by atoms with Crippen molar-refractivity contribution in [3.05, 3.63) is 46.2 Å². The quantitative estimate of drug-likeness (QED) is 0.785. The molecular weight excluding hydrogens is 296 g/mol. The summed E-state index contributed by atoms with van der Waals surface area (Å²) in [5.41, 5.74) is 1.06. The van der Waals surface area contributed by atoms with Gasteiger partial charge in [0.15, 0.2) is 0 Å². The predicted octanol–water partition coefficient (Wildman–Crippen LogP) is 2.97. The highest BCUT2D eigenvalue weighted by atomic mass is 32.1. The molecule has 1 unspecified atom stereocenters. The fraction of sp³-hybridized carbons (Fsp3) is 0.412. The molecular formula is C17H24N2O2S. The highest BCUT2D eigenvalue weighted by Crippen LogP contribution is 2.19. The number of nitrogens with one attached hydrogen (secondary N) is 1. The van der Waals surface area contributed by atoms with Crippen molar-refractivity contribution >= 4 is 17.0 Å². The zero-order chi connectivity index (χ0) is 15.9. The van der Waals surface area contributed by atoms with E-state index in [4.69, 9.17) is 4.74 Å². The van der Waals surface area contributed by atoms with Gasteiger partial charge in [-0.3, -0.25) is 0 Å². The van der Waals surface area contributed by atoms with Gasteiger partial charge in [-0.25, -0.2) is 0 Å². The Labute approximate surface area is 136 Å². The van der Waals surface area contributed by atoms with Crippen LogP contribution < -0.4 is 10.1 Å². The van der Waals surface area contributed by atoms with E-state index >= 15 is 0 Å². The number of aryl methyl sites for hydroxylation is 1. The number of anilines is 1. The van der Waals surface area contributed by atoms with Gasteiger partial charge in [0, 0.05) is 28.5 Å². The van der Waals surface area contributed by atoms with E-state index in [-0.39, 0.29) is 0 Å². The molecule has 2 rings (SSSR count). The number of hydrogen-bond donors (Lipinski definition) is 2. The van der Waals surface area contributed by atoms with E-state index in [1.54, 1.807) is 0 Å². The van der Waals surface area contributed by atoms with Crippen molar-refractivity contribution in [1.29, 1.82) is 0 Å². The average Bonchev–Trinajstić information content (AvgIpc) is 2.89. The lowest BCUT2D eigenvalue weighted by Crippen LogP contribution is -2.30. The first-order valence-electron chi connectivity index (χ1n) is 7.38. The van der Waals surface area contributed by atoms with E-state index in [9.17, 15) is 5.11 Å². The molecule has 0 aliphatic heterocycles. The minimum Gasteiger partial charge on any atom is -0.491 e. The van der Waals surface area contributed by atoms with Crippen molar-refractivity contribution in [3.63, 3.8) is 0 Å². The first-order valence-corrected chi connectivity index (χ1v) is 8.19. The lowest BCUT2D eigenvalue weighted by atomic mass is 10.3. The molecule has 0 radical (unpaired) electrons. The summed E-state index contributed by atoms with van der Waals surface area (Å²) in [6.45, 7) is 3.85. The first-order chi connectivity index (χ1) is 10.5. The Hall–Kier alpha value is -1.56. The van der Waals surface area contributed by atoms with Crippen molar-refractivity contribution in [2.24, 2.45) is 0 Å². The Bertz CT molecular complexity index is 566. The van der Waals surface area contributed by atoms with Crippen LogP contribution in [0, 0.1) is 6.92 Å². The molecule has 0 fully saturated rings. The molecule has 2 N–H and O–H groups in total. The number of aliphatic hydroxyl groups excluding tert-OH is 1. The summed E-state index contributed by atoms with van der Waals surface area (Å²) < 4.78 is 5.59. The highest BCUT2D eigenvalue weighted by molar-refractivity contribution is 7.11. The highest BCUT2D eigenvalue weighted by Gasteiger charge is 2.06. The van der Waals surface area contributed by atoms with Crippen LogP contribution in [0.5, 0.6) is 5.75 Å². The van der Waals surface area contributed by atoms with Gasteiger partial charge in [0.2, 0.25) is 0 Å². The SMILES string of the molecule is Cc1ccc(CNc2ccc(OCC(O)CN(C)C)cc2)s1. The van der Waals surface area contributed by atoms with E-state index < -0.39 is 6.10 Å². The molecule has 5 heteroatoms. The van der Waals surface area contributed by atoms with Gasteiger partial charge in [0.05, 0.1) is 0 Å². The fourth-order valence-corrected chi connectivity index (χ4v) is 2.94. The third kappa shape index (κ3) is 5.67. The smallest absolute Gasteiger partial charge is 0.119 e. The molecule has 1 heterocycles. The van der Waals surface area contributed by atoms with Crippen LogP contribution in [0.25, 0.3) is 0 Å². The lowest BCUT2D eigenvalue weighted by Gasteiger charge is -2.16. The van der Waals surface area contributed by atoms with Gasteiger partial charge in [0.25, 0.3) is 0 Å². The first kappa shape index (κ1) is 16.8. The average molecular weight is 320 g/mol. The molecule has 1 aromatic carbocycles.